The van der Waals surface area contributed by atoms with Gasteiger partial charge < -0.3 is 14.6 Å². The molecule has 2 rings (SSSR count). The number of phenolic OH excluding ortho intramolecular Hbond substituents is 1. The summed E-state index contributed by atoms with van der Waals surface area (Å²) < 4.78 is 11.0. The van der Waals surface area contributed by atoms with Crippen LogP contribution in [-0.4, -0.2) is 16.7 Å². The van der Waals surface area contributed by atoms with Gasteiger partial charge in [0.15, 0.2) is 0 Å². The molecule has 0 aliphatic carbocycles. The van der Waals surface area contributed by atoms with Crippen LogP contribution < -0.4 is 4.74 Å². The number of carbonyl (C=O) groups excluding carboxylic acids is 1. The van der Waals surface area contributed by atoms with Gasteiger partial charge in [-0.15, -0.1) is 0 Å². The molecule has 0 saturated carbocycles. The number of hydrogen-bond donors (Lipinski definition) is 1. The van der Waals surface area contributed by atoms with E-state index in [4.69, 9.17) is 9.47 Å². The van der Waals surface area contributed by atoms with E-state index in [0.29, 0.717) is 12.4 Å². The van der Waals surface area contributed by atoms with Crippen LogP contribution in [-0.2, 0) is 11.3 Å². The molecule has 0 atom stereocenters. The molecule has 0 amide bonds. The highest BCUT2D eigenvalue weighted by molar-refractivity contribution is 5.95. The van der Waals surface area contributed by atoms with Crippen molar-refractivity contribution in [1.82, 2.24) is 0 Å². The van der Waals surface area contributed by atoms with Crippen LogP contribution in [0.25, 0.3) is 0 Å². The van der Waals surface area contributed by atoms with Crippen molar-refractivity contribution in [3.05, 3.63) is 59.7 Å². The Labute approximate surface area is 130 Å². The minimum atomic E-state index is -0.643. The number of benzene rings is 2. The fraction of sp³-hybridized carbons (Fsp3) is 0.278. The molecule has 0 aliphatic heterocycles. The smallest absolute Gasteiger partial charge is 0.346 e. The summed E-state index contributed by atoms with van der Waals surface area (Å²) in [4.78, 5) is 12.3. The molecular formula is C18H20O4. The van der Waals surface area contributed by atoms with Gasteiger partial charge in [-0.25, -0.2) is 4.79 Å². The highest BCUT2D eigenvalue weighted by Crippen LogP contribution is 2.30. The van der Waals surface area contributed by atoms with Gasteiger partial charge in [0, 0.05) is 0 Å². The number of phenols is 1. The summed E-state index contributed by atoms with van der Waals surface area (Å²) in [5, 5.41) is 9.97. The van der Waals surface area contributed by atoms with Crippen molar-refractivity contribution in [2.75, 3.05) is 0 Å². The van der Waals surface area contributed by atoms with Crippen molar-refractivity contribution in [2.45, 2.75) is 33.0 Å². The highest BCUT2D eigenvalue weighted by Gasteiger charge is 2.24. The maximum absolute atomic E-state index is 12.3. The maximum Gasteiger partial charge on any atom is 0.346 e. The van der Waals surface area contributed by atoms with E-state index in [2.05, 4.69) is 0 Å². The maximum atomic E-state index is 12.3. The van der Waals surface area contributed by atoms with Crippen molar-refractivity contribution in [3.63, 3.8) is 0 Å². The summed E-state index contributed by atoms with van der Waals surface area (Å²) in [5.41, 5.74) is 0.380. The van der Waals surface area contributed by atoms with E-state index in [0.717, 1.165) is 5.56 Å². The average Bonchev–Trinajstić information content (AvgIpc) is 2.44. The molecule has 0 fully saturated rings. The predicted molar refractivity (Wildman–Crippen MR) is 84.0 cm³/mol. The summed E-state index contributed by atoms with van der Waals surface area (Å²) in [5.74, 6) is -0.452. The third-order valence-electron chi connectivity index (χ3n) is 2.84. The number of rotatable bonds is 4. The number of esters is 1. The van der Waals surface area contributed by atoms with Gasteiger partial charge >= 0.3 is 5.97 Å². The molecule has 0 bridgehead atoms. The van der Waals surface area contributed by atoms with Gasteiger partial charge in [-0.3, -0.25) is 0 Å². The van der Waals surface area contributed by atoms with Crippen molar-refractivity contribution < 1.29 is 19.4 Å². The first-order valence-electron chi connectivity index (χ1n) is 7.09. The van der Waals surface area contributed by atoms with Gasteiger partial charge in [-0.05, 0) is 38.5 Å². The molecule has 2 aromatic carbocycles. The highest BCUT2D eigenvalue weighted by atomic mass is 16.6. The lowest BCUT2D eigenvalue weighted by atomic mass is 10.1. The van der Waals surface area contributed by atoms with Crippen LogP contribution in [0.15, 0.2) is 48.5 Å². The zero-order valence-corrected chi connectivity index (χ0v) is 13.0. The predicted octanol–water partition coefficient (Wildman–Crippen LogP) is 3.93. The minimum Gasteiger partial charge on any atom is -0.507 e. The molecule has 4 heteroatoms. The number of aromatic hydroxyl groups is 1. The van der Waals surface area contributed by atoms with E-state index in [1.54, 1.807) is 32.9 Å². The Balaban J connectivity index is 2.21. The Morgan fingerprint density at radius 1 is 1.05 bits per heavy atom. The second kappa shape index (κ2) is 6.52. The zero-order valence-electron chi connectivity index (χ0n) is 13.0. The lowest BCUT2D eigenvalue weighted by Gasteiger charge is -2.21. The van der Waals surface area contributed by atoms with Crippen molar-refractivity contribution in [1.29, 1.82) is 0 Å². The van der Waals surface area contributed by atoms with Crippen molar-refractivity contribution in [2.24, 2.45) is 0 Å². The Hall–Kier alpha value is -2.49. The number of hydrogen-bond acceptors (Lipinski definition) is 4. The second-order valence-corrected chi connectivity index (χ2v) is 5.93. The molecule has 0 heterocycles. The molecular weight excluding hydrogens is 280 g/mol. The molecule has 0 aliphatic rings. The molecule has 0 unspecified atom stereocenters. The molecule has 4 nitrogen and oxygen atoms in total. The fourth-order valence-electron chi connectivity index (χ4n) is 1.91. The van der Waals surface area contributed by atoms with Crippen LogP contribution in [0.2, 0.25) is 0 Å². The summed E-state index contributed by atoms with van der Waals surface area (Å²) in [6, 6.07) is 14.3. The lowest BCUT2D eigenvalue weighted by Crippen LogP contribution is -2.24. The van der Waals surface area contributed by atoms with E-state index in [-0.39, 0.29) is 11.3 Å². The van der Waals surface area contributed by atoms with E-state index in [1.807, 2.05) is 30.3 Å². The first kappa shape index (κ1) is 15.9. The van der Waals surface area contributed by atoms with Gasteiger partial charge in [0.2, 0.25) is 0 Å². The van der Waals surface area contributed by atoms with E-state index in [1.165, 1.54) is 6.07 Å². The zero-order chi connectivity index (χ0) is 16.2. The Kier molecular flexibility index (Phi) is 4.71. The first-order valence-corrected chi connectivity index (χ1v) is 7.09. The summed E-state index contributed by atoms with van der Waals surface area (Å²) in [7, 11) is 0. The molecule has 0 spiro atoms. The monoisotopic (exact) mass is 300 g/mol. The first-order chi connectivity index (χ1) is 10.4. The molecule has 2 aromatic rings. The number of ether oxygens (including phenoxy) is 2. The molecule has 0 radical (unpaired) electrons. The third-order valence-corrected chi connectivity index (χ3v) is 2.84. The standard InChI is InChI=1S/C18H20O4/c1-18(2,3)22-17(20)16-14(19)10-7-11-15(16)21-12-13-8-5-4-6-9-13/h4-11,19H,12H2,1-3H3. The topological polar surface area (TPSA) is 55.8 Å². The summed E-state index contributed by atoms with van der Waals surface area (Å²) in [6.45, 7) is 5.63. The van der Waals surface area contributed by atoms with Crippen LogP contribution in [0.5, 0.6) is 11.5 Å². The Morgan fingerprint density at radius 3 is 2.36 bits per heavy atom. The third kappa shape index (κ3) is 4.25. The molecule has 0 aromatic heterocycles. The SMILES string of the molecule is CC(C)(C)OC(=O)c1c(O)cccc1OCc1ccccc1. The quantitative estimate of drug-likeness (QED) is 0.869. The lowest BCUT2D eigenvalue weighted by molar-refractivity contribution is 0.00626. The summed E-state index contributed by atoms with van der Waals surface area (Å²) in [6.07, 6.45) is 0. The van der Waals surface area contributed by atoms with Crippen molar-refractivity contribution >= 4 is 5.97 Å². The minimum absolute atomic E-state index is 0.0494. The normalized spacial score (nSPS) is 11.0. The Bertz CT molecular complexity index is 642. The molecule has 0 saturated heterocycles. The average molecular weight is 300 g/mol. The van der Waals surface area contributed by atoms with Gasteiger partial charge in [0.25, 0.3) is 0 Å². The van der Waals surface area contributed by atoms with E-state index in [9.17, 15) is 9.90 Å². The molecule has 22 heavy (non-hydrogen) atoms. The summed E-state index contributed by atoms with van der Waals surface area (Å²) >= 11 is 0. The second-order valence-electron chi connectivity index (χ2n) is 5.93. The van der Waals surface area contributed by atoms with Gasteiger partial charge in [0.05, 0.1) is 0 Å². The van der Waals surface area contributed by atoms with Gasteiger partial charge in [0.1, 0.15) is 29.3 Å². The van der Waals surface area contributed by atoms with Crippen LogP contribution >= 0.6 is 0 Å². The Morgan fingerprint density at radius 2 is 1.73 bits per heavy atom. The fourth-order valence-corrected chi connectivity index (χ4v) is 1.91. The van der Waals surface area contributed by atoms with Crippen LogP contribution in [0.4, 0.5) is 0 Å². The van der Waals surface area contributed by atoms with E-state index >= 15 is 0 Å². The van der Waals surface area contributed by atoms with E-state index < -0.39 is 11.6 Å². The van der Waals surface area contributed by atoms with Gasteiger partial charge in [-0.2, -0.15) is 0 Å². The molecule has 116 valence electrons. The van der Waals surface area contributed by atoms with Crippen LogP contribution in [0, 0.1) is 0 Å². The van der Waals surface area contributed by atoms with Gasteiger partial charge in [-0.1, -0.05) is 36.4 Å². The van der Waals surface area contributed by atoms with Crippen LogP contribution in [0.3, 0.4) is 0 Å². The van der Waals surface area contributed by atoms with Crippen LogP contribution in [0.1, 0.15) is 36.7 Å². The van der Waals surface area contributed by atoms with Crippen molar-refractivity contribution in [3.8, 4) is 11.5 Å². The number of carbonyl (C=O) groups is 1. The largest absolute Gasteiger partial charge is 0.507 e. The molecule has 1 N–H and O–H groups in total.